The van der Waals surface area contributed by atoms with Gasteiger partial charge in [0.25, 0.3) is 0 Å². The maximum atomic E-state index is 12.5. The van der Waals surface area contributed by atoms with Gasteiger partial charge in [0.1, 0.15) is 0 Å². The number of rotatable bonds is 15. The van der Waals surface area contributed by atoms with E-state index in [4.69, 9.17) is 4.89 Å². The van der Waals surface area contributed by atoms with Crippen molar-refractivity contribution >= 4 is 11.9 Å². The molecule has 0 saturated carbocycles. The molecule has 0 aliphatic heterocycles. The zero-order valence-corrected chi connectivity index (χ0v) is 21.6. The summed E-state index contributed by atoms with van der Waals surface area (Å²) in [6.45, 7) is 19.4. The second kappa shape index (κ2) is 14.1. The van der Waals surface area contributed by atoms with Crippen LogP contribution in [-0.4, -0.2) is 11.9 Å². The molecule has 31 heavy (non-hydrogen) atoms. The summed E-state index contributed by atoms with van der Waals surface area (Å²) in [5.41, 5.74) is 0.355. The normalized spacial score (nSPS) is 13.7. The molecule has 0 spiro atoms. The molecular formula is C25H48O6. The first-order valence-electron chi connectivity index (χ1n) is 11.9. The Morgan fingerprint density at radius 2 is 1.23 bits per heavy atom. The summed E-state index contributed by atoms with van der Waals surface area (Å²) in [5, 5.41) is 8.78. The number of hydrogen-bond donors (Lipinski definition) is 0. The van der Waals surface area contributed by atoms with E-state index in [0.29, 0.717) is 11.8 Å². The number of hydrogen-bond acceptors (Lipinski definition) is 6. The van der Waals surface area contributed by atoms with Crippen LogP contribution in [0.2, 0.25) is 0 Å². The first-order valence-corrected chi connectivity index (χ1v) is 11.9. The van der Waals surface area contributed by atoms with Crippen LogP contribution in [-0.2, 0) is 29.4 Å². The quantitative estimate of drug-likeness (QED) is 0.148. The minimum atomic E-state index is -0.542. The summed E-state index contributed by atoms with van der Waals surface area (Å²) < 4.78 is 0. The van der Waals surface area contributed by atoms with Gasteiger partial charge in [0.2, 0.25) is 0 Å². The van der Waals surface area contributed by atoms with Gasteiger partial charge in [-0.05, 0) is 41.9 Å². The van der Waals surface area contributed by atoms with E-state index >= 15 is 0 Å². The number of carbonyl (C=O) groups excluding carboxylic acids is 2. The molecule has 0 aromatic heterocycles. The smallest absolute Gasteiger partial charge is 0.266 e. The summed E-state index contributed by atoms with van der Waals surface area (Å²) in [6, 6.07) is 0. The Hall–Kier alpha value is -1.14. The zero-order valence-electron chi connectivity index (χ0n) is 21.6. The molecule has 0 aliphatic rings. The van der Waals surface area contributed by atoms with Gasteiger partial charge in [-0.25, -0.2) is 9.59 Å². The fourth-order valence-electron chi connectivity index (χ4n) is 3.38. The van der Waals surface area contributed by atoms with E-state index in [-0.39, 0.29) is 23.2 Å². The third-order valence-corrected chi connectivity index (χ3v) is 5.89. The topological polar surface area (TPSA) is 71.1 Å². The van der Waals surface area contributed by atoms with E-state index in [9.17, 15) is 9.59 Å². The average molecular weight is 445 g/mol. The Bertz CT molecular complexity index is 513. The number of carbonyl (C=O) groups is 2. The van der Waals surface area contributed by atoms with E-state index < -0.39 is 11.9 Å². The van der Waals surface area contributed by atoms with Crippen molar-refractivity contribution in [2.75, 3.05) is 0 Å². The summed E-state index contributed by atoms with van der Waals surface area (Å²) in [4.78, 5) is 33.5. The summed E-state index contributed by atoms with van der Waals surface area (Å²) in [5.74, 6) is -1.36. The highest BCUT2D eigenvalue weighted by atomic mass is 17.7. The van der Waals surface area contributed by atoms with Gasteiger partial charge in [0.15, 0.2) is 0 Å². The Morgan fingerprint density at radius 1 is 0.710 bits per heavy atom. The lowest BCUT2D eigenvalue weighted by molar-refractivity contribution is -0.601. The summed E-state index contributed by atoms with van der Waals surface area (Å²) in [6.07, 6.45) is 8.73. The molecule has 0 amide bonds. The molecule has 6 heteroatoms. The van der Waals surface area contributed by atoms with Crippen molar-refractivity contribution in [3.8, 4) is 0 Å². The third-order valence-electron chi connectivity index (χ3n) is 5.89. The van der Waals surface area contributed by atoms with Crippen LogP contribution in [0.4, 0.5) is 0 Å². The van der Waals surface area contributed by atoms with E-state index in [1.807, 2.05) is 13.8 Å². The van der Waals surface area contributed by atoms with Gasteiger partial charge in [-0.2, -0.15) is 0 Å². The average Bonchev–Trinajstić information content (AvgIpc) is 2.62. The lowest BCUT2D eigenvalue weighted by atomic mass is 9.74. The van der Waals surface area contributed by atoms with Crippen molar-refractivity contribution in [3.63, 3.8) is 0 Å². The fraction of sp³-hybridized carbons (Fsp3) is 0.920. The van der Waals surface area contributed by atoms with Crippen molar-refractivity contribution in [3.05, 3.63) is 0 Å². The summed E-state index contributed by atoms with van der Waals surface area (Å²) >= 11 is 0. The second-order valence-electron chi connectivity index (χ2n) is 11.8. The lowest BCUT2D eigenvalue weighted by Gasteiger charge is -2.31. The lowest BCUT2D eigenvalue weighted by Crippen LogP contribution is -2.32. The molecule has 0 aliphatic carbocycles. The van der Waals surface area contributed by atoms with Crippen molar-refractivity contribution in [1.29, 1.82) is 0 Å². The standard InChI is InChI=1S/C25H48O6/c1-10-25(8,9)20(16-13-15-19-24(5,6)7)22(27)29-31-30-28-21(26)17-12-11-14-18-23(2,3)4/h20H,10-19H2,1-9H3. The largest absolute Gasteiger partial charge is 0.349 e. The highest BCUT2D eigenvalue weighted by molar-refractivity contribution is 5.72. The number of unbranched alkanes of at least 4 members (excludes halogenated alkanes) is 3. The molecule has 184 valence electrons. The van der Waals surface area contributed by atoms with Crippen LogP contribution in [0.25, 0.3) is 0 Å². The molecule has 0 aromatic carbocycles. The molecule has 0 aromatic rings. The molecule has 0 fully saturated rings. The van der Waals surface area contributed by atoms with Crippen LogP contribution in [0.5, 0.6) is 0 Å². The molecule has 0 saturated heterocycles. The Labute approximate surface area is 190 Å². The molecule has 0 rings (SSSR count). The van der Waals surface area contributed by atoms with Gasteiger partial charge in [0.05, 0.1) is 5.92 Å². The predicted octanol–water partition coefficient (Wildman–Crippen LogP) is 7.51. The van der Waals surface area contributed by atoms with E-state index in [1.165, 1.54) is 0 Å². The van der Waals surface area contributed by atoms with Crippen LogP contribution < -0.4 is 0 Å². The first-order chi connectivity index (χ1) is 14.2. The molecular weight excluding hydrogens is 396 g/mol. The van der Waals surface area contributed by atoms with Crippen molar-refractivity contribution in [2.24, 2.45) is 22.2 Å². The van der Waals surface area contributed by atoms with E-state index in [1.54, 1.807) is 0 Å². The van der Waals surface area contributed by atoms with Crippen LogP contribution in [0, 0.1) is 22.2 Å². The molecule has 0 bridgehead atoms. The van der Waals surface area contributed by atoms with Crippen molar-refractivity contribution in [1.82, 2.24) is 0 Å². The highest BCUT2D eigenvalue weighted by Crippen LogP contribution is 2.36. The molecule has 0 heterocycles. The van der Waals surface area contributed by atoms with Gasteiger partial charge >= 0.3 is 11.9 Å². The third kappa shape index (κ3) is 16.2. The Morgan fingerprint density at radius 3 is 1.74 bits per heavy atom. The van der Waals surface area contributed by atoms with Crippen LogP contribution >= 0.6 is 0 Å². The van der Waals surface area contributed by atoms with E-state index in [0.717, 1.165) is 51.4 Å². The minimum Gasteiger partial charge on any atom is -0.266 e. The Kier molecular flexibility index (Phi) is 13.6. The molecule has 0 N–H and O–H groups in total. The predicted molar refractivity (Wildman–Crippen MR) is 122 cm³/mol. The first kappa shape index (κ1) is 29.9. The minimum absolute atomic E-state index is 0.230. The molecule has 1 atom stereocenters. The molecule has 1 unspecified atom stereocenters. The zero-order chi connectivity index (χ0) is 24.1. The van der Waals surface area contributed by atoms with Crippen LogP contribution in [0.1, 0.15) is 127 Å². The summed E-state index contributed by atoms with van der Waals surface area (Å²) in [7, 11) is 0. The Balaban J connectivity index is 4.22. The van der Waals surface area contributed by atoms with Crippen molar-refractivity contribution < 1.29 is 29.4 Å². The van der Waals surface area contributed by atoms with Gasteiger partial charge in [0, 0.05) is 16.5 Å². The van der Waals surface area contributed by atoms with Gasteiger partial charge < -0.3 is 0 Å². The molecule has 0 radical (unpaired) electrons. The van der Waals surface area contributed by atoms with Crippen molar-refractivity contribution in [2.45, 2.75) is 127 Å². The molecule has 6 nitrogen and oxygen atoms in total. The van der Waals surface area contributed by atoms with Gasteiger partial charge in [-0.3, -0.25) is 9.78 Å². The maximum absolute atomic E-state index is 12.5. The van der Waals surface area contributed by atoms with Gasteiger partial charge in [-0.15, -0.1) is 0 Å². The fourth-order valence-corrected chi connectivity index (χ4v) is 3.38. The SMILES string of the molecule is CCC(C)(C)C(CCCCC(C)(C)C)C(=O)OOOOC(=O)CCCCCC(C)(C)C. The maximum Gasteiger partial charge on any atom is 0.349 e. The van der Waals surface area contributed by atoms with Gasteiger partial charge in [-0.1, -0.05) is 94.4 Å². The second-order valence-corrected chi connectivity index (χ2v) is 11.8. The monoisotopic (exact) mass is 444 g/mol. The van der Waals surface area contributed by atoms with E-state index in [2.05, 4.69) is 63.4 Å². The van der Waals surface area contributed by atoms with Crippen LogP contribution in [0.3, 0.4) is 0 Å². The highest BCUT2D eigenvalue weighted by Gasteiger charge is 2.35. The van der Waals surface area contributed by atoms with Crippen LogP contribution in [0.15, 0.2) is 0 Å².